The molecule has 0 bridgehead atoms. The summed E-state index contributed by atoms with van der Waals surface area (Å²) in [5.74, 6) is -2.94. The predicted octanol–water partition coefficient (Wildman–Crippen LogP) is 12.6. The Balaban J connectivity index is 0.000000189. The summed E-state index contributed by atoms with van der Waals surface area (Å²) < 4.78 is 106. The average Bonchev–Trinajstić information content (AvgIpc) is 4.30. The topological polar surface area (TPSA) is 296 Å². The minimum Gasteiger partial charge on any atom is -0.408 e. The van der Waals surface area contributed by atoms with Crippen LogP contribution in [0.3, 0.4) is 0 Å². The van der Waals surface area contributed by atoms with E-state index in [4.69, 9.17) is 18.5 Å². The van der Waals surface area contributed by atoms with Gasteiger partial charge in [-0.05, 0) is 79.2 Å². The summed E-state index contributed by atoms with van der Waals surface area (Å²) in [7, 11) is 0. The van der Waals surface area contributed by atoms with E-state index in [0.29, 0.717) is 44.0 Å². The first-order chi connectivity index (χ1) is 36.9. The molecule has 0 aliphatic rings. The number of benzene rings is 4. The molecule has 4 aromatic heterocycles. The van der Waals surface area contributed by atoms with E-state index in [-0.39, 0.29) is 94.5 Å². The Bertz CT molecular complexity index is 3280. The lowest BCUT2D eigenvalue weighted by Gasteiger charge is -2.01. The van der Waals surface area contributed by atoms with E-state index in [1.807, 2.05) is 19.2 Å². The number of carbonyl (C=O) groups excluding carboxylic acids is 4. The fourth-order valence-electron chi connectivity index (χ4n) is 5.38. The fourth-order valence-corrected chi connectivity index (χ4v) is 6.58. The molecule has 0 fully saturated rings. The van der Waals surface area contributed by atoms with Crippen molar-refractivity contribution in [1.82, 2.24) is 40.8 Å². The quantitative estimate of drug-likeness (QED) is 0.0654. The molecule has 4 heterocycles. The SMILES string of the molecule is CC(C)c1nnc(NC(=O)c2cccc(SF)c2)o1.CCCCc1nnc(NC(=O)c2cccc(SF)c2)o1.N#Cc1nnc(NC(=O)c2cccc(SF)c2)o1.O=C(Nc1nnc(C(F)(F)F)o1)c1cccc(SF)c1. The van der Waals surface area contributed by atoms with Crippen LogP contribution in [0.15, 0.2) is 134 Å². The monoisotopic (exact) mass is 1150 g/mol. The van der Waals surface area contributed by atoms with Gasteiger partial charge in [-0.3, -0.25) is 40.4 Å². The Labute approximate surface area is 447 Å². The third-order valence-electron chi connectivity index (χ3n) is 8.96. The molecule has 0 spiro atoms. The van der Waals surface area contributed by atoms with Crippen LogP contribution in [0.1, 0.15) is 105 Å². The molecule has 0 atom stereocenters. The van der Waals surface area contributed by atoms with E-state index in [9.17, 15) is 47.9 Å². The molecule has 8 rings (SSSR count). The van der Waals surface area contributed by atoms with Crippen LogP contribution in [0.2, 0.25) is 0 Å². The zero-order valence-corrected chi connectivity index (χ0v) is 42.8. The standard InChI is InChI=1S/C13H14FN3O2S.C12H12FN3O2S.C10H5F4N3O2S.C10H5FN4O2S/c1-2-3-7-11-16-17-13(19-11)15-12(18)9-5-4-6-10(8-9)20-14;1-7(2)11-15-16-12(18-11)14-10(17)8-4-3-5-9(6-8)19-13;11-10(12,13)8-16-17-9(19-8)15-7(18)5-2-1-3-6(4-5)20-14;11-18-7-3-1-2-6(4-7)9(16)13-10-15-14-8(5-12)17-10/h4-6,8H,2-3,7H2,1H3,(H,15,17,18);3-7H,1-2H3,(H,14,16,17);1-4H,(H,15,17,18);1-4H,(H,13,15,16). The number of hydrogen-bond donors (Lipinski definition) is 4. The fraction of sp³-hybridized carbons (Fsp3) is 0.178. The van der Waals surface area contributed by atoms with Crippen LogP contribution in [-0.2, 0) is 12.6 Å². The van der Waals surface area contributed by atoms with Crippen LogP contribution in [0, 0.1) is 11.3 Å². The number of aryl methyl sites for hydroxylation is 1. The molecule has 0 radical (unpaired) electrons. The van der Waals surface area contributed by atoms with Crippen LogP contribution in [0.4, 0.5) is 52.8 Å². The number of hydrogen-bond acceptors (Lipinski definition) is 21. The van der Waals surface area contributed by atoms with Gasteiger partial charge in [0.1, 0.15) is 0 Å². The molecule has 8 aromatic rings. The molecular formula is C45H36F7N13O8S4. The number of carbonyl (C=O) groups is 4. The van der Waals surface area contributed by atoms with E-state index in [1.165, 1.54) is 54.6 Å². The molecule has 4 amide bonds. The van der Waals surface area contributed by atoms with Crippen molar-refractivity contribution < 1.29 is 65.6 Å². The number of rotatable bonds is 16. The van der Waals surface area contributed by atoms with Gasteiger partial charge in [-0.2, -0.15) is 34.0 Å². The van der Waals surface area contributed by atoms with Crippen molar-refractivity contribution in [3.05, 3.63) is 143 Å². The maximum atomic E-state index is 12.5. The van der Waals surface area contributed by atoms with Gasteiger partial charge in [0.25, 0.3) is 23.6 Å². The second kappa shape index (κ2) is 29.7. The summed E-state index contributed by atoms with van der Waals surface area (Å²) in [6, 6.07) is 24.7. The second-order valence-electron chi connectivity index (χ2n) is 14.9. The summed E-state index contributed by atoms with van der Waals surface area (Å²) in [5.41, 5.74) is 0.946. The predicted molar refractivity (Wildman–Crippen MR) is 265 cm³/mol. The van der Waals surface area contributed by atoms with E-state index in [1.54, 1.807) is 48.5 Å². The van der Waals surface area contributed by atoms with E-state index in [2.05, 4.69) is 68.1 Å². The Hall–Kier alpha value is -8.28. The average molecular weight is 1150 g/mol. The van der Waals surface area contributed by atoms with Crippen molar-refractivity contribution in [2.24, 2.45) is 0 Å². The maximum Gasteiger partial charge on any atom is 0.470 e. The van der Waals surface area contributed by atoms with Crippen molar-refractivity contribution in [2.45, 2.75) is 71.7 Å². The summed E-state index contributed by atoms with van der Waals surface area (Å²) in [5, 5.41) is 45.4. The lowest BCUT2D eigenvalue weighted by atomic mass is 10.2. The van der Waals surface area contributed by atoms with Gasteiger partial charge in [-0.25, -0.2) is 0 Å². The number of nitrogens with zero attached hydrogens (tertiary/aromatic N) is 9. The molecule has 0 aliphatic carbocycles. The summed E-state index contributed by atoms with van der Waals surface area (Å²) in [4.78, 5) is 48.5. The molecule has 0 saturated heterocycles. The molecule has 77 heavy (non-hydrogen) atoms. The minimum absolute atomic E-state index is 0.0343. The number of unbranched alkanes of at least 4 members (excludes halogenated alkanes) is 1. The van der Waals surface area contributed by atoms with Crippen LogP contribution in [0.25, 0.3) is 0 Å². The van der Waals surface area contributed by atoms with Crippen molar-refractivity contribution in [3.8, 4) is 6.07 Å². The van der Waals surface area contributed by atoms with Crippen molar-refractivity contribution in [3.63, 3.8) is 0 Å². The zero-order chi connectivity index (χ0) is 55.9. The number of aromatic nitrogens is 8. The Kier molecular flexibility index (Phi) is 23.0. The Morgan fingerprint density at radius 2 is 0.922 bits per heavy atom. The number of anilines is 4. The Morgan fingerprint density at radius 3 is 1.27 bits per heavy atom. The molecule has 0 saturated carbocycles. The maximum absolute atomic E-state index is 12.5. The lowest BCUT2D eigenvalue weighted by molar-refractivity contribution is -0.156. The van der Waals surface area contributed by atoms with Crippen LogP contribution < -0.4 is 21.3 Å². The summed E-state index contributed by atoms with van der Waals surface area (Å²) in [6.45, 7) is 5.87. The molecule has 21 nitrogen and oxygen atoms in total. The number of halogens is 7. The molecule has 4 aromatic carbocycles. The molecule has 0 aliphatic heterocycles. The summed E-state index contributed by atoms with van der Waals surface area (Å²) in [6.07, 6.45) is -2.13. The third-order valence-corrected chi connectivity index (χ3v) is 10.7. The highest BCUT2D eigenvalue weighted by molar-refractivity contribution is 7.95. The highest BCUT2D eigenvalue weighted by atomic mass is 32.2. The van der Waals surface area contributed by atoms with Crippen LogP contribution in [-0.4, -0.2) is 64.4 Å². The van der Waals surface area contributed by atoms with Gasteiger partial charge in [0, 0.05) is 54.2 Å². The summed E-state index contributed by atoms with van der Waals surface area (Å²) >= 11 is 0.146. The largest absolute Gasteiger partial charge is 0.470 e. The minimum atomic E-state index is -4.79. The van der Waals surface area contributed by atoms with Crippen molar-refractivity contribution >= 4 is 96.3 Å². The van der Waals surface area contributed by atoms with Crippen LogP contribution in [0.5, 0.6) is 0 Å². The van der Waals surface area contributed by atoms with Gasteiger partial charge in [0.2, 0.25) is 11.8 Å². The number of amides is 4. The Morgan fingerprint density at radius 1 is 0.545 bits per heavy atom. The highest BCUT2D eigenvalue weighted by Gasteiger charge is 2.38. The molecule has 4 N–H and O–H groups in total. The first-order valence-electron chi connectivity index (χ1n) is 21.6. The number of alkyl halides is 3. The van der Waals surface area contributed by atoms with Gasteiger partial charge >= 0.3 is 42.0 Å². The van der Waals surface area contributed by atoms with Crippen molar-refractivity contribution in [2.75, 3.05) is 21.3 Å². The number of nitrogens with one attached hydrogen (secondary N) is 4. The van der Waals surface area contributed by atoms with Gasteiger partial charge in [0.15, 0.2) is 6.07 Å². The first kappa shape index (κ1) is 59.6. The van der Waals surface area contributed by atoms with Gasteiger partial charge in [0.05, 0.1) is 48.6 Å². The zero-order valence-electron chi connectivity index (χ0n) is 39.5. The highest BCUT2D eigenvalue weighted by Crippen LogP contribution is 2.29. The molecule has 32 heteroatoms. The van der Waals surface area contributed by atoms with Gasteiger partial charge < -0.3 is 17.7 Å². The molecule has 402 valence electrons. The van der Waals surface area contributed by atoms with Gasteiger partial charge in [-0.15, -0.1) is 15.3 Å². The smallest absolute Gasteiger partial charge is 0.408 e. The van der Waals surface area contributed by atoms with Crippen LogP contribution >= 0.6 is 48.6 Å². The lowest BCUT2D eigenvalue weighted by Crippen LogP contribution is -2.12. The van der Waals surface area contributed by atoms with E-state index >= 15 is 0 Å². The third kappa shape index (κ3) is 19.1. The van der Waals surface area contributed by atoms with E-state index < -0.39 is 41.7 Å². The first-order valence-corrected chi connectivity index (χ1v) is 24.4. The van der Waals surface area contributed by atoms with E-state index in [0.717, 1.165) is 12.8 Å². The molecular weight excluding hydrogens is 1110 g/mol. The molecule has 0 unspecified atom stereocenters. The van der Waals surface area contributed by atoms with Gasteiger partial charge in [-0.1, -0.05) is 77.0 Å². The second-order valence-corrected chi connectivity index (χ2v) is 17.4. The van der Waals surface area contributed by atoms with Crippen molar-refractivity contribution in [1.29, 1.82) is 5.26 Å². The number of nitriles is 1. The normalized spacial score (nSPS) is 10.6.